The molecule has 2 rings (SSSR count). The van der Waals surface area contributed by atoms with Gasteiger partial charge in [-0.05, 0) is 24.3 Å². The highest BCUT2D eigenvalue weighted by Crippen LogP contribution is 2.24. The van der Waals surface area contributed by atoms with E-state index in [-0.39, 0.29) is 0 Å². The summed E-state index contributed by atoms with van der Waals surface area (Å²) in [5, 5.41) is 6.20. The number of nitrogens with zero attached hydrogens (tertiary/aromatic N) is 1. The molecular weight excluding hydrogens is 258 g/mol. The van der Waals surface area contributed by atoms with Gasteiger partial charge in [-0.25, -0.2) is 4.98 Å². The molecule has 0 amide bonds. The maximum atomic E-state index is 5.74. The summed E-state index contributed by atoms with van der Waals surface area (Å²) in [6, 6.07) is 7.60. The van der Waals surface area contributed by atoms with Gasteiger partial charge in [-0.2, -0.15) is 0 Å². The summed E-state index contributed by atoms with van der Waals surface area (Å²) in [5.41, 5.74) is 6.29. The van der Waals surface area contributed by atoms with Crippen molar-refractivity contribution in [2.45, 2.75) is 0 Å². The zero-order valence-electron chi connectivity index (χ0n) is 9.02. The summed E-state index contributed by atoms with van der Waals surface area (Å²) in [6.07, 6.45) is 0. The first-order valence-electron chi connectivity index (χ1n) is 5.09. The van der Waals surface area contributed by atoms with Crippen molar-refractivity contribution in [3.63, 3.8) is 0 Å². The molecule has 2 aromatic rings. The first-order valence-corrected chi connectivity index (χ1v) is 6.34. The summed E-state index contributed by atoms with van der Waals surface area (Å²) >= 11 is 7.20. The van der Waals surface area contributed by atoms with Gasteiger partial charge in [0.25, 0.3) is 0 Å². The molecule has 6 heteroatoms. The average molecular weight is 270 g/mol. The third-order valence-electron chi connectivity index (χ3n) is 1.97. The summed E-state index contributed by atoms with van der Waals surface area (Å²) in [6.45, 7) is 1.03. The third kappa shape index (κ3) is 3.59. The summed E-state index contributed by atoms with van der Waals surface area (Å²) < 4.78 is 5.38. The number of halogens is 1. The number of aromatic nitrogens is 1. The van der Waals surface area contributed by atoms with E-state index in [2.05, 4.69) is 10.3 Å². The lowest BCUT2D eigenvalue weighted by Gasteiger charge is -2.06. The van der Waals surface area contributed by atoms with E-state index in [0.717, 1.165) is 16.6 Å². The van der Waals surface area contributed by atoms with Gasteiger partial charge in [0.15, 0.2) is 5.13 Å². The first kappa shape index (κ1) is 12.2. The number of benzene rings is 1. The van der Waals surface area contributed by atoms with Crippen LogP contribution >= 0.6 is 22.9 Å². The highest BCUT2D eigenvalue weighted by Gasteiger charge is 2.00. The molecule has 3 N–H and O–H groups in total. The maximum Gasteiger partial charge on any atom is 0.188 e. The Kier molecular flexibility index (Phi) is 4.19. The van der Waals surface area contributed by atoms with Gasteiger partial charge in [-0.1, -0.05) is 11.6 Å². The van der Waals surface area contributed by atoms with Gasteiger partial charge >= 0.3 is 0 Å². The molecule has 0 spiro atoms. The summed E-state index contributed by atoms with van der Waals surface area (Å²) in [7, 11) is 0. The van der Waals surface area contributed by atoms with E-state index in [1.165, 1.54) is 11.3 Å². The van der Waals surface area contributed by atoms with Gasteiger partial charge in [0.2, 0.25) is 0 Å². The number of anilines is 2. The molecule has 1 aromatic heterocycles. The Morgan fingerprint density at radius 3 is 2.71 bits per heavy atom. The van der Waals surface area contributed by atoms with E-state index >= 15 is 0 Å². The lowest BCUT2D eigenvalue weighted by molar-refractivity contribution is 0.328. The molecular formula is C11H12ClN3OS. The van der Waals surface area contributed by atoms with Gasteiger partial charge in [0, 0.05) is 17.6 Å². The number of ether oxygens (including phenoxy) is 1. The SMILES string of the molecule is NCCOc1ccc(Nc2nc(Cl)cs2)cc1. The fourth-order valence-corrected chi connectivity index (χ4v) is 2.10. The van der Waals surface area contributed by atoms with Crippen molar-refractivity contribution in [2.75, 3.05) is 18.5 Å². The van der Waals surface area contributed by atoms with Crippen molar-refractivity contribution in [3.8, 4) is 5.75 Å². The Bertz CT molecular complexity index is 472. The molecule has 90 valence electrons. The van der Waals surface area contributed by atoms with Gasteiger partial charge in [-0.15, -0.1) is 11.3 Å². The fraction of sp³-hybridized carbons (Fsp3) is 0.182. The molecule has 17 heavy (non-hydrogen) atoms. The van der Waals surface area contributed by atoms with Crippen molar-refractivity contribution < 1.29 is 4.74 Å². The highest BCUT2D eigenvalue weighted by molar-refractivity contribution is 7.14. The van der Waals surface area contributed by atoms with Crippen molar-refractivity contribution in [1.29, 1.82) is 0 Å². The van der Waals surface area contributed by atoms with Crippen LogP contribution in [-0.4, -0.2) is 18.1 Å². The lowest BCUT2D eigenvalue weighted by atomic mass is 10.3. The van der Waals surface area contributed by atoms with E-state index in [1.807, 2.05) is 24.3 Å². The molecule has 1 aromatic carbocycles. The van der Waals surface area contributed by atoms with Crippen LogP contribution in [0.5, 0.6) is 5.75 Å². The minimum Gasteiger partial charge on any atom is -0.492 e. The fourth-order valence-electron chi connectivity index (χ4n) is 1.25. The second-order valence-corrected chi connectivity index (χ2v) is 4.51. The van der Waals surface area contributed by atoms with Crippen LogP contribution in [0.25, 0.3) is 0 Å². The average Bonchev–Trinajstić information content (AvgIpc) is 2.74. The van der Waals surface area contributed by atoms with Gasteiger partial charge in [0.05, 0.1) is 0 Å². The standard InChI is InChI=1S/C11H12ClN3OS/c12-10-7-17-11(15-10)14-8-1-3-9(4-2-8)16-6-5-13/h1-4,7H,5-6,13H2,(H,14,15). The molecule has 0 unspecified atom stereocenters. The van der Waals surface area contributed by atoms with Crippen LogP contribution in [0.2, 0.25) is 5.15 Å². The molecule has 0 radical (unpaired) electrons. The van der Waals surface area contributed by atoms with Crippen LogP contribution in [0.1, 0.15) is 0 Å². The minimum absolute atomic E-state index is 0.500. The minimum atomic E-state index is 0.500. The molecule has 0 bridgehead atoms. The highest BCUT2D eigenvalue weighted by atomic mass is 35.5. The lowest BCUT2D eigenvalue weighted by Crippen LogP contribution is -2.10. The van der Waals surface area contributed by atoms with Crippen molar-refractivity contribution in [3.05, 3.63) is 34.8 Å². The Balaban J connectivity index is 1.98. The van der Waals surface area contributed by atoms with Gasteiger partial charge in [-0.3, -0.25) is 0 Å². The van der Waals surface area contributed by atoms with Crippen molar-refractivity contribution in [2.24, 2.45) is 5.73 Å². The zero-order chi connectivity index (χ0) is 12.1. The van der Waals surface area contributed by atoms with E-state index in [0.29, 0.717) is 18.3 Å². The summed E-state index contributed by atoms with van der Waals surface area (Å²) in [4.78, 5) is 4.10. The van der Waals surface area contributed by atoms with Gasteiger partial charge in [0.1, 0.15) is 17.5 Å². The number of thiazole rings is 1. The van der Waals surface area contributed by atoms with E-state index < -0.39 is 0 Å². The Labute approximate surface area is 108 Å². The van der Waals surface area contributed by atoms with Crippen molar-refractivity contribution in [1.82, 2.24) is 4.98 Å². The number of hydrogen-bond acceptors (Lipinski definition) is 5. The van der Waals surface area contributed by atoms with Crippen LogP contribution in [-0.2, 0) is 0 Å². The molecule has 0 aliphatic carbocycles. The Morgan fingerprint density at radius 1 is 1.35 bits per heavy atom. The predicted octanol–water partition coefficient (Wildman–Crippen LogP) is 2.88. The number of rotatable bonds is 5. The third-order valence-corrected chi connectivity index (χ3v) is 3.05. The maximum absolute atomic E-state index is 5.74. The number of nitrogens with two attached hydrogens (primary N) is 1. The number of hydrogen-bond donors (Lipinski definition) is 2. The summed E-state index contributed by atoms with van der Waals surface area (Å²) in [5.74, 6) is 0.804. The zero-order valence-corrected chi connectivity index (χ0v) is 10.6. The Morgan fingerprint density at radius 2 is 2.12 bits per heavy atom. The Hall–Kier alpha value is -1.30. The van der Waals surface area contributed by atoms with E-state index in [9.17, 15) is 0 Å². The molecule has 0 aliphatic heterocycles. The molecule has 0 atom stereocenters. The largest absolute Gasteiger partial charge is 0.492 e. The van der Waals surface area contributed by atoms with E-state index in [4.69, 9.17) is 22.1 Å². The second-order valence-electron chi connectivity index (χ2n) is 3.26. The molecule has 0 aliphatic rings. The normalized spacial score (nSPS) is 10.2. The van der Waals surface area contributed by atoms with E-state index in [1.54, 1.807) is 5.38 Å². The van der Waals surface area contributed by atoms with Crippen LogP contribution < -0.4 is 15.8 Å². The predicted molar refractivity (Wildman–Crippen MR) is 71.4 cm³/mol. The van der Waals surface area contributed by atoms with Crippen LogP contribution in [0.4, 0.5) is 10.8 Å². The molecule has 1 heterocycles. The van der Waals surface area contributed by atoms with Crippen LogP contribution in [0.3, 0.4) is 0 Å². The monoisotopic (exact) mass is 269 g/mol. The first-order chi connectivity index (χ1) is 8.28. The van der Waals surface area contributed by atoms with Gasteiger partial charge < -0.3 is 15.8 Å². The molecule has 0 fully saturated rings. The molecule has 0 saturated heterocycles. The van der Waals surface area contributed by atoms with Crippen LogP contribution in [0.15, 0.2) is 29.6 Å². The topological polar surface area (TPSA) is 60.2 Å². The van der Waals surface area contributed by atoms with Crippen LogP contribution in [0, 0.1) is 0 Å². The van der Waals surface area contributed by atoms with Crippen molar-refractivity contribution >= 4 is 33.8 Å². The quantitative estimate of drug-likeness (QED) is 0.876. The molecule has 4 nitrogen and oxygen atoms in total. The number of nitrogens with one attached hydrogen (secondary N) is 1. The smallest absolute Gasteiger partial charge is 0.188 e. The molecule has 0 saturated carbocycles. The second kappa shape index (κ2) is 5.86.